The minimum atomic E-state index is -4.22. The highest BCUT2D eigenvalue weighted by Crippen LogP contribution is 2.37. The Bertz CT molecular complexity index is 354. The van der Waals surface area contributed by atoms with Gasteiger partial charge in [-0.25, -0.2) is 0 Å². The molecule has 0 heterocycles. The van der Waals surface area contributed by atoms with Crippen LogP contribution < -0.4 is 0 Å². The maximum Gasteiger partial charge on any atom is 0.446 e. The largest absolute Gasteiger partial charge is 0.446 e. The molecule has 0 aliphatic rings. The van der Waals surface area contributed by atoms with Crippen LogP contribution in [0.15, 0.2) is 23.1 Å². The molecule has 0 nitrogen and oxygen atoms in total. The van der Waals surface area contributed by atoms with Crippen LogP contribution in [0.5, 0.6) is 0 Å². The Morgan fingerprint density at radius 1 is 1.31 bits per heavy atom. The Hall–Kier alpha value is 0.380. The first-order valence-corrected chi connectivity index (χ1v) is 6.95. The Balaban J connectivity index is 2.74. The van der Waals surface area contributed by atoms with Gasteiger partial charge < -0.3 is 0 Å². The number of alkyl halides is 4. The fourth-order valence-electron chi connectivity index (χ4n) is 1.19. The minimum absolute atomic E-state index is 0.0834. The van der Waals surface area contributed by atoms with E-state index in [1.807, 2.05) is 0 Å². The molecule has 1 aromatic carbocycles. The van der Waals surface area contributed by atoms with Crippen LogP contribution in [0, 0.1) is 3.57 Å². The number of rotatable bonds is 4. The van der Waals surface area contributed by atoms with Crippen molar-refractivity contribution in [1.82, 2.24) is 0 Å². The molecule has 16 heavy (non-hydrogen) atoms. The van der Waals surface area contributed by atoms with Crippen LogP contribution in [0.2, 0.25) is 0 Å². The first-order chi connectivity index (χ1) is 7.42. The van der Waals surface area contributed by atoms with Gasteiger partial charge in [0.25, 0.3) is 0 Å². The summed E-state index contributed by atoms with van der Waals surface area (Å²) in [6, 6.07) is 4.80. The fourth-order valence-corrected chi connectivity index (χ4v) is 2.90. The molecule has 0 saturated heterocycles. The quantitative estimate of drug-likeness (QED) is 0.399. The smallest absolute Gasteiger partial charge is 0.160 e. The third-order valence-corrected chi connectivity index (χ3v) is 3.83. The number of benzene rings is 1. The molecule has 0 radical (unpaired) electrons. The monoisotopic (exact) mass is 380 g/mol. The molecular formula is C10H9ClF3IS. The molecule has 0 aromatic heterocycles. The van der Waals surface area contributed by atoms with E-state index in [1.54, 1.807) is 12.1 Å². The standard InChI is InChI=1S/C10H9ClF3IS/c11-5-1-2-7-3-4-8(6-9(7)15)16-10(12,13)14/h3-4,6H,1-2,5H2. The van der Waals surface area contributed by atoms with Gasteiger partial charge in [0, 0.05) is 14.3 Å². The summed E-state index contributed by atoms with van der Waals surface area (Å²) in [7, 11) is 0. The van der Waals surface area contributed by atoms with Gasteiger partial charge in [0.1, 0.15) is 0 Å². The van der Waals surface area contributed by atoms with Gasteiger partial charge in [0.05, 0.1) is 0 Å². The van der Waals surface area contributed by atoms with Gasteiger partial charge in [0.15, 0.2) is 0 Å². The van der Waals surface area contributed by atoms with Gasteiger partial charge in [-0.1, -0.05) is 6.07 Å². The second-order valence-corrected chi connectivity index (χ2v) is 5.77. The first-order valence-electron chi connectivity index (χ1n) is 4.52. The van der Waals surface area contributed by atoms with Crippen LogP contribution >= 0.6 is 46.0 Å². The third-order valence-electron chi connectivity index (χ3n) is 1.84. The molecule has 0 amide bonds. The first kappa shape index (κ1) is 14.4. The van der Waals surface area contributed by atoms with Gasteiger partial charge in [-0.2, -0.15) is 13.2 Å². The zero-order valence-corrected chi connectivity index (χ0v) is 11.9. The number of hydrogen-bond acceptors (Lipinski definition) is 1. The summed E-state index contributed by atoms with van der Waals surface area (Å²) in [6.45, 7) is 0. The van der Waals surface area contributed by atoms with E-state index in [0.717, 1.165) is 22.0 Å². The van der Waals surface area contributed by atoms with Gasteiger partial charge in [-0.15, -0.1) is 11.6 Å². The molecule has 0 atom stereocenters. The molecule has 6 heteroatoms. The summed E-state index contributed by atoms with van der Waals surface area (Å²) < 4.78 is 37.2. The van der Waals surface area contributed by atoms with Crippen molar-refractivity contribution >= 4 is 46.0 Å². The molecule has 0 aliphatic carbocycles. The highest BCUT2D eigenvalue weighted by Gasteiger charge is 2.29. The zero-order chi connectivity index (χ0) is 12.2. The van der Waals surface area contributed by atoms with Crippen molar-refractivity contribution < 1.29 is 13.2 Å². The average molecular weight is 381 g/mol. The lowest BCUT2D eigenvalue weighted by Crippen LogP contribution is -1.99. The molecule has 0 fully saturated rings. The number of hydrogen-bond donors (Lipinski definition) is 0. The van der Waals surface area contributed by atoms with Crippen molar-refractivity contribution in [3.8, 4) is 0 Å². The molecule has 0 N–H and O–H groups in total. The maximum absolute atomic E-state index is 12.1. The van der Waals surface area contributed by atoms with Crippen LogP contribution in [0.1, 0.15) is 12.0 Å². The Morgan fingerprint density at radius 3 is 2.50 bits per heavy atom. The van der Waals surface area contributed by atoms with Gasteiger partial charge in [0.2, 0.25) is 0 Å². The highest BCUT2D eigenvalue weighted by molar-refractivity contribution is 14.1. The normalized spacial score (nSPS) is 11.8. The Kier molecular flexibility index (Phi) is 5.73. The minimum Gasteiger partial charge on any atom is -0.160 e. The summed E-state index contributed by atoms with van der Waals surface area (Å²) in [5.41, 5.74) is -3.17. The van der Waals surface area contributed by atoms with E-state index in [1.165, 1.54) is 6.07 Å². The molecule has 0 unspecified atom stereocenters. The molecule has 1 rings (SSSR count). The zero-order valence-electron chi connectivity index (χ0n) is 8.15. The number of aryl methyl sites for hydroxylation is 1. The van der Waals surface area contributed by atoms with Crippen molar-refractivity contribution in [2.24, 2.45) is 0 Å². The van der Waals surface area contributed by atoms with Gasteiger partial charge >= 0.3 is 5.51 Å². The molecule has 90 valence electrons. The van der Waals surface area contributed by atoms with E-state index in [9.17, 15) is 13.2 Å². The summed E-state index contributed by atoms with van der Waals surface area (Å²) in [5.74, 6) is 0.565. The second kappa shape index (κ2) is 6.35. The Morgan fingerprint density at radius 2 is 2.00 bits per heavy atom. The van der Waals surface area contributed by atoms with E-state index in [4.69, 9.17) is 11.6 Å². The van der Waals surface area contributed by atoms with E-state index < -0.39 is 5.51 Å². The molecule has 0 aliphatic heterocycles. The average Bonchev–Trinajstić information content (AvgIpc) is 2.14. The molecule has 1 aromatic rings. The summed E-state index contributed by atoms with van der Waals surface area (Å²) in [5, 5.41) is 0. The van der Waals surface area contributed by atoms with E-state index >= 15 is 0 Å². The van der Waals surface area contributed by atoms with Crippen molar-refractivity contribution in [3.63, 3.8) is 0 Å². The van der Waals surface area contributed by atoms with Crippen molar-refractivity contribution in [1.29, 1.82) is 0 Å². The van der Waals surface area contributed by atoms with Crippen LogP contribution in [0.4, 0.5) is 13.2 Å². The maximum atomic E-state index is 12.1. The topological polar surface area (TPSA) is 0 Å². The predicted molar refractivity (Wildman–Crippen MR) is 70.1 cm³/mol. The van der Waals surface area contributed by atoms with Crippen molar-refractivity contribution in [2.45, 2.75) is 23.2 Å². The second-order valence-electron chi connectivity index (χ2n) is 3.09. The lowest BCUT2D eigenvalue weighted by atomic mass is 10.1. The number of thioether (sulfide) groups is 1. The van der Waals surface area contributed by atoms with Gasteiger partial charge in [-0.3, -0.25) is 0 Å². The van der Waals surface area contributed by atoms with Crippen molar-refractivity contribution in [2.75, 3.05) is 5.88 Å². The van der Waals surface area contributed by atoms with Crippen LogP contribution in [0.25, 0.3) is 0 Å². The van der Waals surface area contributed by atoms with E-state index in [-0.39, 0.29) is 16.7 Å². The lowest BCUT2D eigenvalue weighted by molar-refractivity contribution is -0.0328. The van der Waals surface area contributed by atoms with Crippen LogP contribution in [-0.4, -0.2) is 11.4 Å². The molecular weight excluding hydrogens is 372 g/mol. The van der Waals surface area contributed by atoms with E-state index in [0.29, 0.717) is 5.88 Å². The summed E-state index contributed by atoms with van der Waals surface area (Å²) in [6.07, 6.45) is 1.64. The van der Waals surface area contributed by atoms with E-state index in [2.05, 4.69) is 22.6 Å². The fraction of sp³-hybridized carbons (Fsp3) is 0.400. The molecule has 0 saturated carbocycles. The SMILES string of the molecule is FC(F)(F)Sc1ccc(CCCCl)c(I)c1. The predicted octanol–water partition coefficient (Wildman–Crippen LogP) is 5.07. The molecule has 0 spiro atoms. The van der Waals surface area contributed by atoms with Crippen LogP contribution in [0.3, 0.4) is 0 Å². The molecule has 0 bridgehead atoms. The highest BCUT2D eigenvalue weighted by atomic mass is 127. The Labute approximate surface area is 115 Å². The van der Waals surface area contributed by atoms with Crippen molar-refractivity contribution in [3.05, 3.63) is 27.3 Å². The third kappa shape index (κ3) is 5.14. The summed E-state index contributed by atoms with van der Waals surface area (Å²) in [4.78, 5) is 0.228. The summed E-state index contributed by atoms with van der Waals surface area (Å²) >= 11 is 7.54. The van der Waals surface area contributed by atoms with Gasteiger partial charge in [-0.05, 0) is 64.9 Å². The van der Waals surface area contributed by atoms with Crippen LogP contribution in [-0.2, 0) is 6.42 Å². The number of halogens is 5. The lowest BCUT2D eigenvalue weighted by Gasteiger charge is -2.08.